The maximum absolute atomic E-state index is 13.4. The standard InChI is InChI=1S/C28H44N4O5/c1-5-16-28(27(35)31-30,25(33)21(4)29)18-20(3)23(15-14-19(2)22-11-7-6-8-12-22)26(34)32-37-24-13-9-10-17-36-24/h6-8,11-12,14,20-21,23-24H,5,9-10,13,15-18,29-30H2,1-4H3,(H,31,35)(H,32,34)/b19-14+/t20-,21-,23+,24?,28?/m1/s1. The number of hydroxylamine groups is 1. The molecule has 0 spiro atoms. The fourth-order valence-electron chi connectivity index (χ4n) is 5.06. The highest BCUT2D eigenvalue weighted by Gasteiger charge is 2.47. The summed E-state index contributed by atoms with van der Waals surface area (Å²) in [6.07, 6.45) is 5.52. The molecular formula is C28H44N4O5. The minimum absolute atomic E-state index is 0.125. The third-order valence-corrected chi connectivity index (χ3v) is 7.16. The predicted molar refractivity (Wildman–Crippen MR) is 143 cm³/mol. The second-order valence-corrected chi connectivity index (χ2v) is 10.1. The molecule has 9 nitrogen and oxygen atoms in total. The zero-order chi connectivity index (χ0) is 27.4. The molecule has 0 saturated carbocycles. The summed E-state index contributed by atoms with van der Waals surface area (Å²) in [6.45, 7) is 7.91. The number of carbonyl (C=O) groups excluding carboxylic acids is 3. The first-order valence-electron chi connectivity index (χ1n) is 13.3. The molecule has 1 aliphatic rings. The van der Waals surface area contributed by atoms with E-state index < -0.39 is 29.6 Å². The molecule has 1 fully saturated rings. The van der Waals surface area contributed by atoms with Gasteiger partial charge < -0.3 is 10.5 Å². The minimum Gasteiger partial charge on any atom is -0.350 e. The number of hydrogen-bond donors (Lipinski definition) is 4. The van der Waals surface area contributed by atoms with E-state index in [0.717, 1.165) is 24.0 Å². The Bertz CT molecular complexity index is 914. The summed E-state index contributed by atoms with van der Waals surface area (Å²) in [4.78, 5) is 45.3. The van der Waals surface area contributed by atoms with E-state index in [1.807, 2.05) is 57.2 Å². The lowest BCUT2D eigenvalue weighted by Gasteiger charge is -2.36. The summed E-state index contributed by atoms with van der Waals surface area (Å²) in [7, 11) is 0. The largest absolute Gasteiger partial charge is 0.350 e. The van der Waals surface area contributed by atoms with Crippen LogP contribution in [0, 0.1) is 17.3 Å². The normalized spacial score (nSPS) is 20.3. The number of ketones is 1. The number of hydrogen-bond acceptors (Lipinski definition) is 7. The Kier molecular flexibility index (Phi) is 12.4. The molecule has 37 heavy (non-hydrogen) atoms. The Morgan fingerprint density at radius 1 is 1.22 bits per heavy atom. The lowest BCUT2D eigenvalue weighted by Crippen LogP contribution is -2.54. The number of nitrogens with one attached hydrogen (secondary N) is 2. The lowest BCUT2D eigenvalue weighted by molar-refractivity contribution is -0.202. The molecule has 2 unspecified atom stereocenters. The van der Waals surface area contributed by atoms with Crippen molar-refractivity contribution in [2.75, 3.05) is 6.61 Å². The second kappa shape index (κ2) is 15.0. The first kappa shape index (κ1) is 30.6. The van der Waals surface area contributed by atoms with Crippen LogP contribution in [0.2, 0.25) is 0 Å². The molecule has 5 atom stereocenters. The highest BCUT2D eigenvalue weighted by molar-refractivity contribution is 6.08. The summed E-state index contributed by atoms with van der Waals surface area (Å²) in [5.41, 5.74) is 11.4. The molecule has 1 heterocycles. The van der Waals surface area contributed by atoms with Crippen LogP contribution in [0.4, 0.5) is 0 Å². The summed E-state index contributed by atoms with van der Waals surface area (Å²) >= 11 is 0. The van der Waals surface area contributed by atoms with Crippen LogP contribution in [0.25, 0.3) is 5.57 Å². The average Bonchev–Trinajstić information content (AvgIpc) is 2.91. The van der Waals surface area contributed by atoms with Crippen molar-refractivity contribution in [2.24, 2.45) is 28.8 Å². The van der Waals surface area contributed by atoms with Crippen LogP contribution in [0.15, 0.2) is 36.4 Å². The number of rotatable bonds is 14. The van der Waals surface area contributed by atoms with Gasteiger partial charge in [0.1, 0.15) is 5.41 Å². The van der Waals surface area contributed by atoms with Crippen molar-refractivity contribution in [3.8, 4) is 0 Å². The van der Waals surface area contributed by atoms with E-state index in [-0.39, 0.29) is 30.4 Å². The molecule has 6 N–H and O–H groups in total. The van der Waals surface area contributed by atoms with Gasteiger partial charge in [-0.1, -0.05) is 56.7 Å². The minimum atomic E-state index is -1.43. The fourth-order valence-corrected chi connectivity index (χ4v) is 5.06. The van der Waals surface area contributed by atoms with Crippen LogP contribution >= 0.6 is 0 Å². The SMILES string of the molecule is CCCC(C[C@@H](C)[C@H](C/C=C(\C)c1ccccc1)C(=O)NOC1CCCCO1)(C(=O)NN)C(=O)[C@@H](C)N. The van der Waals surface area contributed by atoms with Crippen molar-refractivity contribution in [1.29, 1.82) is 0 Å². The molecule has 206 valence electrons. The van der Waals surface area contributed by atoms with Gasteiger partial charge in [-0.15, -0.1) is 0 Å². The Labute approximate surface area is 220 Å². The topological polar surface area (TPSA) is 146 Å². The molecule has 1 aliphatic heterocycles. The quantitative estimate of drug-likeness (QED) is 0.128. The van der Waals surface area contributed by atoms with E-state index in [1.165, 1.54) is 0 Å². The molecular weight excluding hydrogens is 472 g/mol. The van der Waals surface area contributed by atoms with E-state index in [4.69, 9.17) is 21.2 Å². The van der Waals surface area contributed by atoms with Gasteiger partial charge in [-0.25, -0.2) is 16.2 Å². The third-order valence-electron chi connectivity index (χ3n) is 7.16. The predicted octanol–water partition coefficient (Wildman–Crippen LogP) is 3.39. The average molecular weight is 517 g/mol. The fraction of sp³-hybridized carbons (Fsp3) is 0.607. The summed E-state index contributed by atoms with van der Waals surface area (Å²) in [5.74, 6) is 3.27. The van der Waals surface area contributed by atoms with Crippen LogP contribution in [0.3, 0.4) is 0 Å². The summed E-state index contributed by atoms with van der Waals surface area (Å²) in [6, 6.07) is 9.03. The van der Waals surface area contributed by atoms with Crippen molar-refractivity contribution in [1.82, 2.24) is 10.9 Å². The van der Waals surface area contributed by atoms with Gasteiger partial charge in [0.25, 0.3) is 0 Å². The molecule has 0 aromatic heterocycles. The molecule has 1 saturated heterocycles. The van der Waals surface area contributed by atoms with Crippen LogP contribution < -0.4 is 22.5 Å². The monoisotopic (exact) mass is 516 g/mol. The highest BCUT2D eigenvalue weighted by Crippen LogP contribution is 2.38. The van der Waals surface area contributed by atoms with Crippen LogP contribution in [0.5, 0.6) is 0 Å². The van der Waals surface area contributed by atoms with E-state index in [1.54, 1.807) is 6.92 Å². The number of allylic oxidation sites excluding steroid dienone is 2. The van der Waals surface area contributed by atoms with E-state index >= 15 is 0 Å². The summed E-state index contributed by atoms with van der Waals surface area (Å²) < 4.78 is 5.57. The number of carbonyl (C=O) groups is 3. The molecule has 1 aromatic rings. The van der Waals surface area contributed by atoms with Gasteiger partial charge in [0.15, 0.2) is 12.1 Å². The number of Topliss-reactive ketones (excluding diaryl/α,β-unsaturated/α-hetero) is 1. The van der Waals surface area contributed by atoms with Gasteiger partial charge in [0.2, 0.25) is 11.8 Å². The van der Waals surface area contributed by atoms with Crippen LogP contribution in [-0.4, -0.2) is 36.5 Å². The first-order valence-corrected chi connectivity index (χ1v) is 13.3. The number of hydrazine groups is 1. The van der Waals surface area contributed by atoms with Gasteiger partial charge in [-0.2, -0.15) is 0 Å². The van der Waals surface area contributed by atoms with Crippen molar-refractivity contribution >= 4 is 23.2 Å². The van der Waals surface area contributed by atoms with Gasteiger partial charge >= 0.3 is 0 Å². The maximum Gasteiger partial charge on any atom is 0.247 e. The van der Waals surface area contributed by atoms with Crippen LogP contribution in [-0.2, 0) is 24.0 Å². The summed E-state index contributed by atoms with van der Waals surface area (Å²) in [5, 5.41) is 0. The third kappa shape index (κ3) is 8.46. The Morgan fingerprint density at radius 2 is 1.92 bits per heavy atom. The molecule has 0 radical (unpaired) electrons. The zero-order valence-electron chi connectivity index (χ0n) is 22.6. The molecule has 2 rings (SSSR count). The van der Waals surface area contributed by atoms with Gasteiger partial charge in [0, 0.05) is 18.9 Å². The first-order chi connectivity index (χ1) is 17.7. The lowest BCUT2D eigenvalue weighted by atomic mass is 9.68. The zero-order valence-corrected chi connectivity index (χ0v) is 22.6. The molecule has 0 bridgehead atoms. The van der Waals surface area contributed by atoms with Gasteiger partial charge in [0.05, 0.1) is 6.04 Å². The molecule has 0 aliphatic carbocycles. The Morgan fingerprint density at radius 3 is 2.49 bits per heavy atom. The van der Waals surface area contributed by atoms with E-state index in [0.29, 0.717) is 25.9 Å². The van der Waals surface area contributed by atoms with Crippen molar-refractivity contribution < 1.29 is 24.0 Å². The van der Waals surface area contributed by atoms with Crippen molar-refractivity contribution in [2.45, 2.75) is 85.0 Å². The number of ether oxygens (including phenoxy) is 1. The Hall–Kier alpha value is -2.59. The molecule has 9 heteroatoms. The number of benzene rings is 1. The van der Waals surface area contributed by atoms with Crippen LogP contribution in [0.1, 0.15) is 78.2 Å². The number of amides is 2. The smallest absolute Gasteiger partial charge is 0.247 e. The second-order valence-electron chi connectivity index (χ2n) is 10.1. The van der Waals surface area contributed by atoms with E-state index in [9.17, 15) is 14.4 Å². The van der Waals surface area contributed by atoms with Gasteiger partial charge in [-0.05, 0) is 63.0 Å². The van der Waals surface area contributed by atoms with E-state index in [2.05, 4.69) is 10.9 Å². The van der Waals surface area contributed by atoms with Crippen molar-refractivity contribution in [3.05, 3.63) is 42.0 Å². The maximum atomic E-state index is 13.4. The van der Waals surface area contributed by atoms with Crippen molar-refractivity contribution in [3.63, 3.8) is 0 Å². The van der Waals surface area contributed by atoms with Gasteiger partial charge in [-0.3, -0.25) is 19.8 Å². The Balaban J connectivity index is 2.32. The molecule has 1 aromatic carbocycles. The number of nitrogens with two attached hydrogens (primary N) is 2. The molecule has 2 amide bonds. The highest BCUT2D eigenvalue weighted by atomic mass is 16.8.